The Labute approximate surface area is 153 Å². The maximum Gasteiger partial charge on any atom is 0.307 e. The average molecular weight is 380 g/mol. The van der Waals surface area contributed by atoms with E-state index in [0.717, 1.165) is 0 Å². The number of benzene rings is 2. The summed E-state index contributed by atoms with van der Waals surface area (Å²) in [5, 5.41) is 3.26. The zero-order valence-electron chi connectivity index (χ0n) is 13.8. The summed E-state index contributed by atoms with van der Waals surface area (Å²) >= 11 is 6.19. The molecule has 5 nitrogen and oxygen atoms in total. The van der Waals surface area contributed by atoms with E-state index in [1.807, 2.05) is 0 Å². The molecule has 0 aliphatic carbocycles. The number of hydrogen-bond acceptors (Lipinski definition) is 4. The van der Waals surface area contributed by atoms with Crippen molar-refractivity contribution in [1.29, 1.82) is 0 Å². The highest BCUT2D eigenvalue weighted by Crippen LogP contribution is 2.26. The minimum Gasteiger partial charge on any atom is -0.469 e. The van der Waals surface area contributed by atoms with Gasteiger partial charge >= 0.3 is 5.97 Å². The van der Waals surface area contributed by atoms with Gasteiger partial charge in [0.15, 0.2) is 0 Å². The minimum absolute atomic E-state index is 0.0387. The largest absolute Gasteiger partial charge is 0.469 e. The van der Waals surface area contributed by atoms with Crippen molar-refractivity contribution in [3.05, 3.63) is 64.7 Å². The normalized spacial score (nSPS) is 12.9. The molecule has 2 aromatic rings. The van der Waals surface area contributed by atoms with Crippen LogP contribution in [0.5, 0.6) is 0 Å². The second-order valence-corrected chi connectivity index (χ2v) is 7.09. The van der Waals surface area contributed by atoms with Gasteiger partial charge in [-0.2, -0.15) is 0 Å². The topological polar surface area (TPSA) is 72.5 Å². The molecule has 2 aromatic carbocycles. The molecular formula is C18H18ClNO4S. The molecule has 1 amide bonds. The van der Waals surface area contributed by atoms with Crippen LogP contribution in [0, 0.1) is 0 Å². The molecule has 1 N–H and O–H groups in total. The Hall–Kier alpha value is -2.18. The first-order valence-electron chi connectivity index (χ1n) is 7.48. The fraction of sp³-hybridized carbons (Fsp3) is 0.222. The summed E-state index contributed by atoms with van der Waals surface area (Å²) in [5.41, 5.74) is 1.03. The molecule has 132 valence electrons. The van der Waals surface area contributed by atoms with E-state index in [4.69, 9.17) is 16.3 Å². The van der Waals surface area contributed by atoms with E-state index in [0.29, 0.717) is 21.0 Å². The Bertz CT molecular complexity index is 792. The van der Waals surface area contributed by atoms with Gasteiger partial charge in [-0.3, -0.25) is 13.8 Å². The SMILES string of the molecule is COC(=O)C[C@H](NC(=O)c1ccc([S@@](C)=O)cc1)c1ccccc1Cl. The Balaban J connectivity index is 2.23. The Morgan fingerprint density at radius 1 is 1.16 bits per heavy atom. The fourth-order valence-electron chi connectivity index (χ4n) is 2.29. The predicted octanol–water partition coefficient (Wildman–Crippen LogP) is 3.11. The molecule has 0 saturated heterocycles. The molecule has 0 spiro atoms. The van der Waals surface area contributed by atoms with Crippen molar-refractivity contribution in [2.75, 3.05) is 13.4 Å². The van der Waals surface area contributed by atoms with Crippen LogP contribution in [-0.4, -0.2) is 29.5 Å². The van der Waals surface area contributed by atoms with Gasteiger partial charge in [0, 0.05) is 32.5 Å². The lowest BCUT2D eigenvalue weighted by atomic mass is 10.0. The maximum absolute atomic E-state index is 12.5. The summed E-state index contributed by atoms with van der Waals surface area (Å²) in [7, 11) is 0.176. The van der Waals surface area contributed by atoms with Crippen molar-refractivity contribution in [2.24, 2.45) is 0 Å². The predicted molar refractivity (Wildman–Crippen MR) is 97.1 cm³/mol. The number of carbonyl (C=O) groups is 2. The molecular weight excluding hydrogens is 362 g/mol. The summed E-state index contributed by atoms with van der Waals surface area (Å²) in [6.45, 7) is 0. The van der Waals surface area contributed by atoms with Gasteiger partial charge in [0.25, 0.3) is 5.91 Å². The summed E-state index contributed by atoms with van der Waals surface area (Å²) in [6, 6.07) is 12.8. The van der Waals surface area contributed by atoms with Crippen LogP contribution in [0.4, 0.5) is 0 Å². The van der Waals surface area contributed by atoms with Crippen molar-refractivity contribution >= 4 is 34.3 Å². The van der Waals surface area contributed by atoms with Crippen molar-refractivity contribution in [3.8, 4) is 0 Å². The molecule has 0 fully saturated rings. The third-order valence-corrected chi connectivity index (χ3v) is 4.91. The van der Waals surface area contributed by atoms with Gasteiger partial charge in [0.05, 0.1) is 19.6 Å². The summed E-state index contributed by atoms with van der Waals surface area (Å²) < 4.78 is 16.1. The number of carbonyl (C=O) groups excluding carboxylic acids is 2. The first-order chi connectivity index (χ1) is 11.9. The highest BCUT2D eigenvalue weighted by molar-refractivity contribution is 7.84. The molecule has 0 saturated carbocycles. The molecule has 0 bridgehead atoms. The van der Waals surface area contributed by atoms with Crippen LogP contribution in [0.25, 0.3) is 0 Å². The standard InChI is InChI=1S/C18H18ClNO4S/c1-24-17(21)11-16(14-5-3-4-6-15(14)19)20-18(22)12-7-9-13(10-8-12)25(2)23/h3-10,16H,11H2,1-2H3,(H,20,22)/t16-,25+/m0/s1. The number of esters is 1. The quantitative estimate of drug-likeness (QED) is 0.783. The zero-order chi connectivity index (χ0) is 18.4. The Morgan fingerprint density at radius 3 is 2.36 bits per heavy atom. The number of amides is 1. The van der Waals surface area contributed by atoms with Gasteiger partial charge < -0.3 is 10.1 Å². The van der Waals surface area contributed by atoms with Crippen molar-refractivity contribution in [1.82, 2.24) is 5.32 Å². The lowest BCUT2D eigenvalue weighted by Crippen LogP contribution is -2.30. The van der Waals surface area contributed by atoms with Crippen molar-refractivity contribution < 1.29 is 18.5 Å². The van der Waals surface area contributed by atoms with E-state index < -0.39 is 22.8 Å². The van der Waals surface area contributed by atoms with Gasteiger partial charge in [0.2, 0.25) is 0 Å². The van der Waals surface area contributed by atoms with Crippen LogP contribution in [0.1, 0.15) is 28.4 Å². The molecule has 2 rings (SSSR count). The van der Waals surface area contributed by atoms with E-state index in [9.17, 15) is 13.8 Å². The number of halogens is 1. The second kappa shape index (κ2) is 8.78. The van der Waals surface area contributed by atoms with Crippen LogP contribution >= 0.6 is 11.6 Å². The molecule has 0 radical (unpaired) electrons. The number of nitrogens with one attached hydrogen (secondary N) is 1. The summed E-state index contributed by atoms with van der Waals surface area (Å²) in [6.07, 6.45) is 1.53. The summed E-state index contributed by atoms with van der Waals surface area (Å²) in [5.74, 6) is -0.816. The van der Waals surface area contributed by atoms with Gasteiger partial charge in [-0.25, -0.2) is 0 Å². The molecule has 0 heterocycles. The molecule has 0 unspecified atom stereocenters. The smallest absolute Gasteiger partial charge is 0.307 e. The average Bonchev–Trinajstić information content (AvgIpc) is 2.61. The highest BCUT2D eigenvalue weighted by atomic mass is 35.5. The first-order valence-corrected chi connectivity index (χ1v) is 9.41. The van der Waals surface area contributed by atoms with Crippen LogP contribution in [-0.2, 0) is 20.3 Å². The van der Waals surface area contributed by atoms with Gasteiger partial charge in [-0.05, 0) is 35.9 Å². The van der Waals surface area contributed by atoms with Gasteiger partial charge in [-0.15, -0.1) is 0 Å². The number of rotatable bonds is 6. The summed E-state index contributed by atoms with van der Waals surface area (Å²) in [4.78, 5) is 24.8. The third-order valence-electron chi connectivity index (χ3n) is 3.63. The molecule has 0 aliphatic rings. The zero-order valence-corrected chi connectivity index (χ0v) is 15.4. The molecule has 2 atom stereocenters. The van der Waals surface area contributed by atoms with Crippen LogP contribution in [0.15, 0.2) is 53.4 Å². The van der Waals surface area contributed by atoms with Crippen LogP contribution in [0.2, 0.25) is 5.02 Å². The fourth-order valence-corrected chi connectivity index (χ4v) is 3.07. The van der Waals surface area contributed by atoms with E-state index in [-0.39, 0.29) is 12.3 Å². The van der Waals surface area contributed by atoms with Crippen LogP contribution < -0.4 is 5.32 Å². The Kier molecular flexibility index (Phi) is 6.73. The lowest BCUT2D eigenvalue weighted by molar-refractivity contribution is -0.141. The van der Waals surface area contributed by atoms with E-state index in [1.54, 1.807) is 54.8 Å². The molecule has 7 heteroatoms. The van der Waals surface area contributed by atoms with Gasteiger partial charge in [-0.1, -0.05) is 29.8 Å². The molecule has 25 heavy (non-hydrogen) atoms. The van der Waals surface area contributed by atoms with Crippen LogP contribution in [0.3, 0.4) is 0 Å². The van der Waals surface area contributed by atoms with Crippen molar-refractivity contribution in [3.63, 3.8) is 0 Å². The number of hydrogen-bond donors (Lipinski definition) is 1. The van der Waals surface area contributed by atoms with E-state index >= 15 is 0 Å². The monoisotopic (exact) mass is 379 g/mol. The maximum atomic E-state index is 12.5. The van der Waals surface area contributed by atoms with E-state index in [1.165, 1.54) is 7.11 Å². The minimum atomic E-state index is -1.11. The number of ether oxygens (including phenoxy) is 1. The lowest BCUT2D eigenvalue weighted by Gasteiger charge is -2.19. The number of methoxy groups -OCH3 is 1. The Morgan fingerprint density at radius 2 is 1.80 bits per heavy atom. The van der Waals surface area contributed by atoms with Crippen molar-refractivity contribution in [2.45, 2.75) is 17.4 Å². The molecule has 0 aromatic heterocycles. The third kappa shape index (κ3) is 5.14. The second-order valence-electron chi connectivity index (χ2n) is 5.31. The van der Waals surface area contributed by atoms with E-state index in [2.05, 4.69) is 5.32 Å². The van der Waals surface area contributed by atoms with Gasteiger partial charge in [0.1, 0.15) is 0 Å². The highest BCUT2D eigenvalue weighted by Gasteiger charge is 2.21. The molecule has 0 aliphatic heterocycles. The first kappa shape index (κ1) is 19.1.